The Balaban J connectivity index is 2.19. The average molecular weight is 246 g/mol. The molecule has 5 heteroatoms. The molecule has 0 saturated heterocycles. The fraction of sp³-hybridized carbons (Fsp3) is 0.231. The van der Waals surface area contributed by atoms with Crippen LogP contribution in [0.4, 0.5) is 11.4 Å². The molecule has 94 valence electrons. The molecular formula is C13H14N2O3. The van der Waals surface area contributed by atoms with Crippen molar-refractivity contribution in [2.75, 3.05) is 5.32 Å². The summed E-state index contributed by atoms with van der Waals surface area (Å²) in [6, 6.07) is 8.92. The first kappa shape index (κ1) is 12.2. The standard InChI is InChI=1S/C13H14N2O3/c1-9-4-3-5-12(13(9)15(16)17)14-8-11-7-6-10(2)18-11/h3-7,14H,8H2,1-2H3. The van der Waals surface area contributed by atoms with Crippen LogP contribution in [0, 0.1) is 24.0 Å². The Hall–Kier alpha value is -2.30. The summed E-state index contributed by atoms with van der Waals surface area (Å²) >= 11 is 0. The number of nitro groups is 1. The Labute approximate surface area is 105 Å². The van der Waals surface area contributed by atoms with E-state index in [-0.39, 0.29) is 10.6 Å². The highest BCUT2D eigenvalue weighted by Crippen LogP contribution is 2.28. The fourth-order valence-electron chi connectivity index (χ4n) is 1.81. The fourth-order valence-corrected chi connectivity index (χ4v) is 1.81. The van der Waals surface area contributed by atoms with Gasteiger partial charge in [0, 0.05) is 5.56 Å². The van der Waals surface area contributed by atoms with Gasteiger partial charge in [-0.15, -0.1) is 0 Å². The van der Waals surface area contributed by atoms with E-state index in [1.54, 1.807) is 25.1 Å². The molecule has 1 N–H and O–H groups in total. The lowest BCUT2D eigenvalue weighted by molar-refractivity contribution is -0.384. The number of benzene rings is 1. The molecule has 0 unspecified atom stereocenters. The van der Waals surface area contributed by atoms with Gasteiger partial charge in [0.1, 0.15) is 17.2 Å². The van der Waals surface area contributed by atoms with Crippen molar-refractivity contribution in [2.24, 2.45) is 0 Å². The predicted octanol–water partition coefficient (Wildman–Crippen LogP) is 3.42. The van der Waals surface area contributed by atoms with Gasteiger partial charge in [-0.05, 0) is 32.0 Å². The van der Waals surface area contributed by atoms with E-state index < -0.39 is 0 Å². The first-order valence-corrected chi connectivity index (χ1v) is 5.61. The molecule has 0 saturated carbocycles. The van der Waals surface area contributed by atoms with Gasteiger partial charge in [-0.1, -0.05) is 12.1 Å². The Morgan fingerprint density at radius 3 is 2.67 bits per heavy atom. The van der Waals surface area contributed by atoms with Crippen LogP contribution in [0.5, 0.6) is 0 Å². The van der Waals surface area contributed by atoms with Crippen molar-refractivity contribution < 1.29 is 9.34 Å². The zero-order valence-electron chi connectivity index (χ0n) is 10.3. The summed E-state index contributed by atoms with van der Waals surface area (Å²) in [5, 5.41) is 14.0. The van der Waals surface area contributed by atoms with Gasteiger partial charge in [0.15, 0.2) is 0 Å². The third-order valence-corrected chi connectivity index (χ3v) is 2.67. The van der Waals surface area contributed by atoms with Gasteiger partial charge >= 0.3 is 0 Å². The number of para-hydroxylation sites is 1. The highest BCUT2D eigenvalue weighted by Gasteiger charge is 2.16. The molecule has 0 aliphatic rings. The van der Waals surface area contributed by atoms with Gasteiger partial charge in [-0.2, -0.15) is 0 Å². The van der Waals surface area contributed by atoms with Gasteiger partial charge < -0.3 is 9.73 Å². The molecule has 0 radical (unpaired) electrons. The minimum absolute atomic E-state index is 0.112. The second-order valence-corrected chi connectivity index (χ2v) is 4.09. The number of hydrogen-bond acceptors (Lipinski definition) is 4. The minimum Gasteiger partial charge on any atom is -0.465 e. The zero-order chi connectivity index (χ0) is 13.1. The maximum atomic E-state index is 11.0. The lowest BCUT2D eigenvalue weighted by Crippen LogP contribution is -2.03. The largest absolute Gasteiger partial charge is 0.465 e. The van der Waals surface area contributed by atoms with Gasteiger partial charge in [0.05, 0.1) is 11.5 Å². The van der Waals surface area contributed by atoms with Crippen LogP contribution < -0.4 is 5.32 Å². The molecule has 0 aliphatic carbocycles. The second-order valence-electron chi connectivity index (χ2n) is 4.09. The summed E-state index contributed by atoms with van der Waals surface area (Å²) in [7, 11) is 0. The minimum atomic E-state index is -0.370. The highest BCUT2D eigenvalue weighted by molar-refractivity contribution is 5.64. The number of aryl methyl sites for hydroxylation is 2. The summed E-state index contributed by atoms with van der Waals surface area (Å²) in [5.74, 6) is 1.58. The van der Waals surface area contributed by atoms with Gasteiger partial charge in [-0.25, -0.2) is 0 Å². The van der Waals surface area contributed by atoms with Gasteiger partial charge in [-0.3, -0.25) is 10.1 Å². The van der Waals surface area contributed by atoms with Crippen LogP contribution in [0.1, 0.15) is 17.1 Å². The lowest BCUT2D eigenvalue weighted by Gasteiger charge is -2.07. The number of anilines is 1. The normalized spacial score (nSPS) is 10.3. The molecule has 0 bridgehead atoms. The van der Waals surface area contributed by atoms with Crippen LogP contribution in [-0.4, -0.2) is 4.92 Å². The number of rotatable bonds is 4. The smallest absolute Gasteiger partial charge is 0.295 e. The van der Waals surface area contributed by atoms with Crippen LogP contribution in [0.2, 0.25) is 0 Å². The first-order chi connectivity index (χ1) is 8.58. The van der Waals surface area contributed by atoms with Crippen LogP contribution in [0.3, 0.4) is 0 Å². The van der Waals surface area contributed by atoms with Crippen molar-refractivity contribution >= 4 is 11.4 Å². The number of nitrogens with one attached hydrogen (secondary N) is 1. The van der Waals surface area contributed by atoms with E-state index in [1.807, 2.05) is 19.1 Å². The Morgan fingerprint density at radius 2 is 2.06 bits per heavy atom. The molecule has 0 atom stereocenters. The van der Waals surface area contributed by atoms with Crippen molar-refractivity contribution in [3.63, 3.8) is 0 Å². The molecule has 18 heavy (non-hydrogen) atoms. The number of nitrogens with zero attached hydrogens (tertiary/aromatic N) is 1. The van der Waals surface area contributed by atoms with E-state index in [0.717, 1.165) is 11.5 Å². The summed E-state index contributed by atoms with van der Waals surface area (Å²) in [4.78, 5) is 10.6. The van der Waals surface area contributed by atoms with E-state index in [0.29, 0.717) is 17.8 Å². The molecule has 2 aromatic rings. The molecule has 0 aliphatic heterocycles. The topological polar surface area (TPSA) is 68.3 Å². The molecule has 0 amide bonds. The molecule has 0 fully saturated rings. The van der Waals surface area contributed by atoms with Crippen LogP contribution in [0.25, 0.3) is 0 Å². The maximum Gasteiger partial charge on any atom is 0.295 e. The average Bonchev–Trinajstić information content (AvgIpc) is 2.72. The summed E-state index contributed by atoms with van der Waals surface area (Å²) < 4.78 is 5.40. The monoisotopic (exact) mass is 246 g/mol. The summed E-state index contributed by atoms with van der Waals surface area (Å²) in [5.41, 5.74) is 1.26. The van der Waals surface area contributed by atoms with E-state index in [1.165, 1.54) is 0 Å². The van der Waals surface area contributed by atoms with Crippen LogP contribution in [0.15, 0.2) is 34.7 Å². The quantitative estimate of drug-likeness (QED) is 0.663. The van der Waals surface area contributed by atoms with Crippen molar-refractivity contribution in [3.8, 4) is 0 Å². The van der Waals surface area contributed by atoms with Crippen molar-refractivity contribution in [3.05, 3.63) is 57.5 Å². The molecule has 5 nitrogen and oxygen atoms in total. The predicted molar refractivity (Wildman–Crippen MR) is 68.6 cm³/mol. The van der Waals surface area contributed by atoms with E-state index in [2.05, 4.69) is 5.32 Å². The van der Waals surface area contributed by atoms with Gasteiger partial charge in [0.2, 0.25) is 0 Å². The first-order valence-electron chi connectivity index (χ1n) is 5.61. The maximum absolute atomic E-state index is 11.0. The third kappa shape index (κ3) is 2.51. The SMILES string of the molecule is Cc1ccc(CNc2cccc(C)c2[N+](=O)[O-])o1. The summed E-state index contributed by atoms with van der Waals surface area (Å²) in [6.07, 6.45) is 0. The molecule has 1 aromatic heterocycles. The molecule has 1 heterocycles. The van der Waals surface area contributed by atoms with Crippen molar-refractivity contribution in [1.29, 1.82) is 0 Å². The number of furan rings is 1. The Bertz CT molecular complexity index is 575. The number of nitro benzene ring substituents is 1. The molecule has 1 aromatic carbocycles. The van der Waals surface area contributed by atoms with E-state index >= 15 is 0 Å². The highest BCUT2D eigenvalue weighted by atomic mass is 16.6. The van der Waals surface area contributed by atoms with Crippen LogP contribution in [-0.2, 0) is 6.54 Å². The van der Waals surface area contributed by atoms with Crippen molar-refractivity contribution in [2.45, 2.75) is 20.4 Å². The van der Waals surface area contributed by atoms with Crippen molar-refractivity contribution in [1.82, 2.24) is 0 Å². The molecule has 2 rings (SSSR count). The summed E-state index contributed by atoms with van der Waals surface area (Å²) in [6.45, 7) is 4.01. The van der Waals surface area contributed by atoms with Gasteiger partial charge in [0.25, 0.3) is 5.69 Å². The van der Waals surface area contributed by atoms with E-state index in [9.17, 15) is 10.1 Å². The Morgan fingerprint density at radius 1 is 1.28 bits per heavy atom. The molecular weight excluding hydrogens is 232 g/mol. The lowest BCUT2D eigenvalue weighted by atomic mass is 10.1. The van der Waals surface area contributed by atoms with Crippen LogP contribution >= 0.6 is 0 Å². The third-order valence-electron chi connectivity index (χ3n) is 2.67. The van der Waals surface area contributed by atoms with E-state index in [4.69, 9.17) is 4.42 Å². The molecule has 0 spiro atoms. The zero-order valence-corrected chi connectivity index (χ0v) is 10.3. The second kappa shape index (κ2) is 4.91. The Kier molecular flexibility index (Phi) is 3.32. The number of hydrogen-bond donors (Lipinski definition) is 1.